The molecule has 1 atom stereocenters. The number of benzene rings is 1. The summed E-state index contributed by atoms with van der Waals surface area (Å²) in [5.41, 5.74) is 6.57. The molecule has 20 heavy (non-hydrogen) atoms. The Hall–Kier alpha value is -1.38. The maximum Gasteiger partial charge on any atom is 0.224 e. The van der Waals surface area contributed by atoms with Crippen LogP contribution in [0.15, 0.2) is 22.7 Å². The van der Waals surface area contributed by atoms with Gasteiger partial charge in [0.2, 0.25) is 5.91 Å². The predicted molar refractivity (Wildman–Crippen MR) is 84.2 cm³/mol. The number of amides is 1. The van der Waals surface area contributed by atoms with E-state index in [9.17, 15) is 4.79 Å². The van der Waals surface area contributed by atoms with E-state index in [4.69, 9.17) is 11.0 Å². The normalized spacial score (nSPS) is 11.7. The molecule has 0 heterocycles. The quantitative estimate of drug-likeness (QED) is 0.799. The molecule has 0 aromatic heterocycles. The molecule has 108 valence electrons. The summed E-state index contributed by atoms with van der Waals surface area (Å²) in [5.74, 6) is 0.436. The Labute approximate surface area is 128 Å². The van der Waals surface area contributed by atoms with Crippen LogP contribution in [-0.2, 0) is 4.79 Å². The highest BCUT2D eigenvalue weighted by Crippen LogP contribution is 2.21. The standard InChI is InChI=1S/C15H20BrN3O/c1-2-11(7-8-17)3-6-15(20)19-14-5-4-13(16)9-12(14)10-18/h4-5,9,11H,2-3,6-8,17H2,1H3,(H,19,20). The van der Waals surface area contributed by atoms with Gasteiger partial charge in [0.15, 0.2) is 0 Å². The van der Waals surface area contributed by atoms with Gasteiger partial charge in [0.1, 0.15) is 6.07 Å². The van der Waals surface area contributed by atoms with E-state index < -0.39 is 0 Å². The second kappa shape index (κ2) is 8.72. The number of halogens is 1. The van der Waals surface area contributed by atoms with Crippen LogP contribution in [0.25, 0.3) is 0 Å². The van der Waals surface area contributed by atoms with Crippen molar-refractivity contribution in [2.24, 2.45) is 11.7 Å². The topological polar surface area (TPSA) is 78.9 Å². The molecule has 3 N–H and O–H groups in total. The van der Waals surface area contributed by atoms with Gasteiger partial charge >= 0.3 is 0 Å². The Morgan fingerprint density at radius 2 is 2.25 bits per heavy atom. The lowest BCUT2D eigenvalue weighted by Gasteiger charge is -2.13. The molecular weight excluding hydrogens is 318 g/mol. The van der Waals surface area contributed by atoms with Gasteiger partial charge in [-0.05, 0) is 43.5 Å². The molecule has 0 radical (unpaired) electrons. The Morgan fingerprint density at radius 3 is 2.85 bits per heavy atom. The molecule has 0 aliphatic heterocycles. The number of carbonyl (C=O) groups excluding carboxylic acids is 1. The molecule has 1 aromatic rings. The predicted octanol–water partition coefficient (Wildman–Crippen LogP) is 3.41. The summed E-state index contributed by atoms with van der Waals surface area (Å²) in [6, 6.07) is 7.31. The fourth-order valence-electron chi connectivity index (χ4n) is 2.05. The number of hydrogen-bond acceptors (Lipinski definition) is 3. The summed E-state index contributed by atoms with van der Waals surface area (Å²) in [7, 11) is 0. The molecule has 0 aliphatic rings. The van der Waals surface area contributed by atoms with E-state index in [1.165, 1.54) is 0 Å². The van der Waals surface area contributed by atoms with Crippen molar-refractivity contribution in [2.45, 2.75) is 32.6 Å². The molecule has 0 saturated carbocycles. The highest BCUT2D eigenvalue weighted by Gasteiger charge is 2.11. The van der Waals surface area contributed by atoms with E-state index in [0.29, 0.717) is 30.1 Å². The van der Waals surface area contributed by atoms with E-state index in [1.807, 2.05) is 0 Å². The first-order valence-corrected chi connectivity index (χ1v) is 7.59. The third kappa shape index (κ3) is 5.32. The molecule has 0 fully saturated rings. The van der Waals surface area contributed by atoms with Gasteiger partial charge < -0.3 is 11.1 Å². The van der Waals surface area contributed by atoms with Crippen LogP contribution < -0.4 is 11.1 Å². The molecule has 0 aliphatic carbocycles. The van der Waals surface area contributed by atoms with Crippen LogP contribution in [0.4, 0.5) is 5.69 Å². The molecule has 0 bridgehead atoms. The molecule has 5 heteroatoms. The third-order valence-corrected chi connectivity index (χ3v) is 3.80. The lowest BCUT2D eigenvalue weighted by Crippen LogP contribution is -2.15. The maximum absolute atomic E-state index is 11.9. The monoisotopic (exact) mass is 337 g/mol. The molecular formula is C15H20BrN3O. The van der Waals surface area contributed by atoms with Crippen LogP contribution in [0.1, 0.15) is 38.2 Å². The van der Waals surface area contributed by atoms with Gasteiger partial charge in [-0.15, -0.1) is 0 Å². The van der Waals surface area contributed by atoms with Gasteiger partial charge in [0.05, 0.1) is 11.3 Å². The van der Waals surface area contributed by atoms with Crippen LogP contribution in [0.2, 0.25) is 0 Å². The number of hydrogen-bond donors (Lipinski definition) is 2. The van der Waals surface area contributed by atoms with E-state index in [1.54, 1.807) is 18.2 Å². The third-order valence-electron chi connectivity index (χ3n) is 3.31. The number of anilines is 1. The second-order valence-corrected chi connectivity index (χ2v) is 5.66. The van der Waals surface area contributed by atoms with E-state index in [2.05, 4.69) is 34.2 Å². The zero-order chi connectivity index (χ0) is 15.0. The van der Waals surface area contributed by atoms with Crippen molar-refractivity contribution in [2.75, 3.05) is 11.9 Å². The van der Waals surface area contributed by atoms with Crippen molar-refractivity contribution in [3.05, 3.63) is 28.2 Å². The first kappa shape index (κ1) is 16.7. The highest BCUT2D eigenvalue weighted by atomic mass is 79.9. The van der Waals surface area contributed by atoms with Gasteiger partial charge in [-0.3, -0.25) is 4.79 Å². The van der Waals surface area contributed by atoms with Gasteiger partial charge in [-0.2, -0.15) is 5.26 Å². The van der Waals surface area contributed by atoms with Crippen molar-refractivity contribution < 1.29 is 4.79 Å². The van der Waals surface area contributed by atoms with E-state index in [0.717, 1.165) is 23.7 Å². The van der Waals surface area contributed by atoms with Crippen LogP contribution in [-0.4, -0.2) is 12.5 Å². The zero-order valence-electron chi connectivity index (χ0n) is 11.7. The molecule has 1 amide bonds. The largest absolute Gasteiger partial charge is 0.330 e. The summed E-state index contributed by atoms with van der Waals surface area (Å²) >= 11 is 3.30. The highest BCUT2D eigenvalue weighted by molar-refractivity contribution is 9.10. The Balaban J connectivity index is 2.57. The molecule has 0 spiro atoms. The molecule has 1 rings (SSSR count). The van der Waals surface area contributed by atoms with Crippen molar-refractivity contribution >= 4 is 27.5 Å². The lowest BCUT2D eigenvalue weighted by molar-refractivity contribution is -0.116. The Bertz CT molecular complexity index is 496. The fourth-order valence-corrected chi connectivity index (χ4v) is 2.42. The maximum atomic E-state index is 11.9. The Morgan fingerprint density at radius 1 is 1.50 bits per heavy atom. The van der Waals surface area contributed by atoms with E-state index in [-0.39, 0.29) is 5.91 Å². The first-order chi connectivity index (χ1) is 9.60. The second-order valence-electron chi connectivity index (χ2n) is 4.74. The van der Waals surface area contributed by atoms with Gasteiger partial charge in [-0.25, -0.2) is 0 Å². The zero-order valence-corrected chi connectivity index (χ0v) is 13.2. The minimum absolute atomic E-state index is 0.0562. The minimum Gasteiger partial charge on any atom is -0.330 e. The SMILES string of the molecule is CCC(CCN)CCC(=O)Nc1ccc(Br)cc1C#N. The van der Waals surface area contributed by atoms with Gasteiger partial charge in [0.25, 0.3) is 0 Å². The average molecular weight is 338 g/mol. The molecule has 4 nitrogen and oxygen atoms in total. The number of nitrogens with two attached hydrogens (primary N) is 1. The van der Waals surface area contributed by atoms with Crippen molar-refractivity contribution in [3.63, 3.8) is 0 Å². The average Bonchev–Trinajstić information content (AvgIpc) is 2.45. The van der Waals surface area contributed by atoms with Crippen molar-refractivity contribution in [1.82, 2.24) is 0 Å². The summed E-state index contributed by atoms with van der Waals surface area (Å²) in [6.07, 6.45) is 3.27. The summed E-state index contributed by atoms with van der Waals surface area (Å²) in [4.78, 5) is 11.9. The fraction of sp³-hybridized carbons (Fsp3) is 0.467. The number of nitriles is 1. The summed E-state index contributed by atoms with van der Waals surface area (Å²) < 4.78 is 0.820. The Kier molecular flexibility index (Phi) is 7.27. The number of nitrogens with zero attached hydrogens (tertiary/aromatic N) is 1. The molecule has 0 saturated heterocycles. The smallest absolute Gasteiger partial charge is 0.224 e. The summed E-state index contributed by atoms with van der Waals surface area (Å²) in [6.45, 7) is 2.77. The van der Waals surface area contributed by atoms with Gasteiger partial charge in [0, 0.05) is 10.9 Å². The van der Waals surface area contributed by atoms with Crippen LogP contribution in [0, 0.1) is 17.2 Å². The number of carbonyl (C=O) groups is 1. The van der Waals surface area contributed by atoms with Crippen molar-refractivity contribution in [1.29, 1.82) is 5.26 Å². The van der Waals surface area contributed by atoms with Crippen molar-refractivity contribution in [3.8, 4) is 6.07 Å². The van der Waals surface area contributed by atoms with Crippen LogP contribution in [0.5, 0.6) is 0 Å². The van der Waals surface area contributed by atoms with Gasteiger partial charge in [-0.1, -0.05) is 29.3 Å². The number of nitrogens with one attached hydrogen (secondary N) is 1. The molecule has 1 unspecified atom stereocenters. The number of rotatable bonds is 7. The first-order valence-electron chi connectivity index (χ1n) is 6.80. The van der Waals surface area contributed by atoms with Crippen LogP contribution >= 0.6 is 15.9 Å². The lowest BCUT2D eigenvalue weighted by atomic mass is 9.96. The molecule has 1 aromatic carbocycles. The van der Waals surface area contributed by atoms with Crippen LogP contribution in [0.3, 0.4) is 0 Å². The van der Waals surface area contributed by atoms with E-state index >= 15 is 0 Å². The minimum atomic E-state index is -0.0562. The summed E-state index contributed by atoms with van der Waals surface area (Å²) in [5, 5.41) is 11.8.